The second-order valence-electron chi connectivity index (χ2n) is 6.21. The van der Waals surface area contributed by atoms with Crippen molar-refractivity contribution in [1.82, 2.24) is 0 Å². The van der Waals surface area contributed by atoms with Crippen LogP contribution in [0.3, 0.4) is 0 Å². The fourth-order valence-corrected chi connectivity index (χ4v) is 3.22. The average molecular weight is 437 g/mol. The molecule has 28 heavy (non-hydrogen) atoms. The number of carbonyl (C=O) groups excluding carboxylic acids is 1. The zero-order valence-corrected chi connectivity index (χ0v) is 17.2. The molecule has 0 amide bonds. The summed E-state index contributed by atoms with van der Waals surface area (Å²) >= 11 is 3.50. The van der Waals surface area contributed by atoms with Crippen LogP contribution in [0.15, 0.2) is 89.4 Å². The first kappa shape index (κ1) is 19.9. The maximum atomic E-state index is 12.6. The summed E-state index contributed by atoms with van der Waals surface area (Å²) in [4.78, 5) is 12.6. The molecule has 0 N–H and O–H groups in total. The van der Waals surface area contributed by atoms with Gasteiger partial charge in [0.1, 0.15) is 19.0 Å². The van der Waals surface area contributed by atoms with E-state index in [9.17, 15) is 4.79 Å². The SMILES string of the molecule is C/C=C(/C(=O)OCc1ccccc1)c1cc(Br)cc(OCc2ccccc2)c1. The van der Waals surface area contributed by atoms with Crippen LogP contribution in [0, 0.1) is 0 Å². The molecule has 0 unspecified atom stereocenters. The van der Waals surface area contributed by atoms with Gasteiger partial charge in [-0.1, -0.05) is 82.7 Å². The Hall–Kier alpha value is -2.85. The quantitative estimate of drug-likeness (QED) is 0.327. The Balaban J connectivity index is 1.71. The molecular formula is C24H21BrO3. The van der Waals surface area contributed by atoms with Gasteiger partial charge in [0.25, 0.3) is 0 Å². The third-order valence-corrected chi connectivity index (χ3v) is 4.61. The third kappa shape index (κ3) is 5.57. The highest BCUT2D eigenvalue weighted by molar-refractivity contribution is 9.10. The number of esters is 1. The summed E-state index contributed by atoms with van der Waals surface area (Å²) < 4.78 is 12.2. The largest absolute Gasteiger partial charge is 0.489 e. The molecule has 0 atom stereocenters. The molecule has 0 spiro atoms. The Morgan fingerprint density at radius 3 is 2.11 bits per heavy atom. The maximum Gasteiger partial charge on any atom is 0.338 e. The molecule has 3 nitrogen and oxygen atoms in total. The highest BCUT2D eigenvalue weighted by Gasteiger charge is 2.15. The molecule has 3 rings (SSSR count). The smallest absolute Gasteiger partial charge is 0.338 e. The molecule has 0 aliphatic carbocycles. The van der Waals surface area contributed by atoms with Crippen LogP contribution < -0.4 is 4.74 Å². The van der Waals surface area contributed by atoms with E-state index in [1.807, 2.05) is 85.8 Å². The highest BCUT2D eigenvalue weighted by Crippen LogP contribution is 2.27. The van der Waals surface area contributed by atoms with Crippen molar-refractivity contribution in [3.63, 3.8) is 0 Å². The Labute approximate surface area is 173 Å². The second-order valence-corrected chi connectivity index (χ2v) is 7.13. The van der Waals surface area contributed by atoms with Gasteiger partial charge in [-0.15, -0.1) is 0 Å². The van der Waals surface area contributed by atoms with Crippen LogP contribution in [0.2, 0.25) is 0 Å². The predicted octanol–water partition coefficient (Wildman–Crippen LogP) is 6.17. The number of allylic oxidation sites excluding steroid dienone is 1. The molecule has 0 radical (unpaired) electrons. The summed E-state index contributed by atoms with van der Waals surface area (Å²) in [6.07, 6.45) is 1.76. The molecule has 0 saturated carbocycles. The van der Waals surface area contributed by atoms with E-state index in [2.05, 4.69) is 15.9 Å². The van der Waals surface area contributed by atoms with Crippen molar-refractivity contribution in [2.75, 3.05) is 0 Å². The fraction of sp³-hybridized carbons (Fsp3) is 0.125. The summed E-state index contributed by atoms with van der Waals surface area (Å²) in [6.45, 7) is 2.52. The van der Waals surface area contributed by atoms with Crippen LogP contribution in [0.4, 0.5) is 0 Å². The molecular weight excluding hydrogens is 416 g/mol. The Morgan fingerprint density at radius 1 is 0.893 bits per heavy atom. The van der Waals surface area contributed by atoms with Crippen LogP contribution in [-0.2, 0) is 22.7 Å². The molecule has 0 fully saturated rings. The molecule has 0 aromatic heterocycles. The first-order valence-electron chi connectivity index (χ1n) is 9.01. The lowest BCUT2D eigenvalue weighted by molar-refractivity contribution is -0.137. The summed E-state index contributed by atoms with van der Waals surface area (Å²) in [5.41, 5.74) is 3.28. The van der Waals surface area contributed by atoms with Gasteiger partial charge in [0.05, 0.1) is 5.57 Å². The number of halogens is 1. The van der Waals surface area contributed by atoms with Crippen molar-refractivity contribution in [3.05, 3.63) is 106 Å². The van der Waals surface area contributed by atoms with Crippen LogP contribution in [0.5, 0.6) is 5.75 Å². The van der Waals surface area contributed by atoms with Crippen molar-refractivity contribution in [1.29, 1.82) is 0 Å². The lowest BCUT2D eigenvalue weighted by atomic mass is 10.1. The summed E-state index contributed by atoms with van der Waals surface area (Å²) in [7, 11) is 0. The number of benzene rings is 3. The Kier molecular flexibility index (Phi) is 7.04. The van der Waals surface area contributed by atoms with E-state index in [4.69, 9.17) is 9.47 Å². The van der Waals surface area contributed by atoms with Crippen LogP contribution in [0.1, 0.15) is 23.6 Å². The minimum Gasteiger partial charge on any atom is -0.489 e. The van der Waals surface area contributed by atoms with Gasteiger partial charge in [0, 0.05) is 4.47 Å². The number of ether oxygens (including phenoxy) is 2. The van der Waals surface area contributed by atoms with Crippen molar-refractivity contribution >= 4 is 27.5 Å². The summed E-state index contributed by atoms with van der Waals surface area (Å²) in [6, 6.07) is 25.2. The average Bonchev–Trinajstić information content (AvgIpc) is 2.72. The standard InChI is InChI=1S/C24H21BrO3/c1-2-23(24(26)28-17-19-11-7-4-8-12-19)20-13-21(25)15-22(14-20)27-16-18-9-5-3-6-10-18/h2-15H,16-17H2,1H3/b23-2+. The zero-order chi connectivity index (χ0) is 19.8. The van der Waals surface area contributed by atoms with Crippen molar-refractivity contribution < 1.29 is 14.3 Å². The van der Waals surface area contributed by atoms with Gasteiger partial charge >= 0.3 is 5.97 Å². The molecule has 3 aromatic rings. The van der Waals surface area contributed by atoms with Gasteiger partial charge in [-0.05, 0) is 41.8 Å². The van der Waals surface area contributed by atoms with Gasteiger partial charge < -0.3 is 9.47 Å². The van der Waals surface area contributed by atoms with E-state index in [1.54, 1.807) is 6.08 Å². The number of hydrogen-bond acceptors (Lipinski definition) is 3. The molecule has 4 heteroatoms. The van der Waals surface area contributed by atoms with Crippen molar-refractivity contribution in [2.24, 2.45) is 0 Å². The lowest BCUT2D eigenvalue weighted by Gasteiger charge is -2.12. The molecule has 0 saturated heterocycles. The van der Waals surface area contributed by atoms with Gasteiger partial charge in [-0.2, -0.15) is 0 Å². The van der Waals surface area contributed by atoms with Crippen molar-refractivity contribution in [3.8, 4) is 5.75 Å². The normalized spacial score (nSPS) is 11.1. The molecule has 0 heterocycles. The summed E-state index contributed by atoms with van der Waals surface area (Å²) in [5.74, 6) is 0.321. The van der Waals surface area contributed by atoms with Crippen LogP contribution >= 0.6 is 15.9 Å². The van der Waals surface area contributed by atoms with E-state index in [0.29, 0.717) is 17.9 Å². The molecule has 142 valence electrons. The third-order valence-electron chi connectivity index (χ3n) is 4.15. The van der Waals surface area contributed by atoms with E-state index >= 15 is 0 Å². The van der Waals surface area contributed by atoms with E-state index in [0.717, 1.165) is 21.2 Å². The summed E-state index contributed by atoms with van der Waals surface area (Å²) in [5, 5.41) is 0. The molecule has 0 aliphatic heterocycles. The highest BCUT2D eigenvalue weighted by atomic mass is 79.9. The van der Waals surface area contributed by atoms with E-state index in [1.165, 1.54) is 0 Å². The first-order valence-corrected chi connectivity index (χ1v) is 9.80. The van der Waals surface area contributed by atoms with Gasteiger partial charge in [-0.3, -0.25) is 0 Å². The van der Waals surface area contributed by atoms with Crippen LogP contribution in [-0.4, -0.2) is 5.97 Å². The lowest BCUT2D eigenvalue weighted by Crippen LogP contribution is -2.07. The number of hydrogen-bond donors (Lipinski definition) is 0. The van der Waals surface area contributed by atoms with Gasteiger partial charge in [0.15, 0.2) is 0 Å². The monoisotopic (exact) mass is 436 g/mol. The van der Waals surface area contributed by atoms with E-state index < -0.39 is 0 Å². The zero-order valence-electron chi connectivity index (χ0n) is 15.6. The Bertz CT molecular complexity index is 950. The topological polar surface area (TPSA) is 35.5 Å². The molecule has 3 aromatic carbocycles. The second kappa shape index (κ2) is 9.90. The van der Waals surface area contributed by atoms with Gasteiger partial charge in [-0.25, -0.2) is 4.79 Å². The minimum atomic E-state index is -0.363. The molecule has 0 bridgehead atoms. The van der Waals surface area contributed by atoms with Crippen molar-refractivity contribution in [2.45, 2.75) is 20.1 Å². The van der Waals surface area contributed by atoms with E-state index in [-0.39, 0.29) is 12.6 Å². The van der Waals surface area contributed by atoms with Gasteiger partial charge in [0.2, 0.25) is 0 Å². The minimum absolute atomic E-state index is 0.238. The number of rotatable bonds is 7. The first-order chi connectivity index (χ1) is 13.7. The maximum absolute atomic E-state index is 12.6. The van der Waals surface area contributed by atoms with Crippen LogP contribution in [0.25, 0.3) is 5.57 Å². The fourth-order valence-electron chi connectivity index (χ4n) is 2.75. The predicted molar refractivity (Wildman–Crippen MR) is 115 cm³/mol. The Morgan fingerprint density at radius 2 is 1.50 bits per heavy atom. The number of carbonyl (C=O) groups is 1. The molecule has 0 aliphatic rings.